The van der Waals surface area contributed by atoms with E-state index in [0.29, 0.717) is 10.7 Å². The second-order valence-corrected chi connectivity index (χ2v) is 10.4. The Morgan fingerprint density at radius 1 is 1.00 bits per heavy atom. The Morgan fingerprint density at radius 3 is 2.39 bits per heavy atom. The van der Waals surface area contributed by atoms with E-state index in [2.05, 4.69) is 41.3 Å². The first kappa shape index (κ1) is 19.9. The number of fused-ring (bicyclic) bond motifs is 4. The van der Waals surface area contributed by atoms with E-state index in [1.165, 1.54) is 53.5 Å². The third-order valence-corrected chi connectivity index (χ3v) is 9.10. The lowest BCUT2D eigenvalue weighted by Gasteiger charge is -2.42. The number of thioether (sulfide) groups is 1. The zero-order valence-corrected chi connectivity index (χ0v) is 18.3. The lowest BCUT2D eigenvalue weighted by atomic mass is 9.76. The Bertz CT molecular complexity index is 923. The SMILES string of the molecule is CNC.Fc1ccc(C2CCC3(CC2)SCCc2c3sc3ccccc23)cc1. The Balaban J connectivity index is 0.000000604. The first-order valence-corrected chi connectivity index (χ1v) is 12.0. The van der Waals surface area contributed by atoms with Gasteiger partial charge in [0.1, 0.15) is 5.82 Å². The summed E-state index contributed by atoms with van der Waals surface area (Å²) in [6.45, 7) is 0. The molecule has 1 spiro atoms. The van der Waals surface area contributed by atoms with Crippen LogP contribution in [-0.4, -0.2) is 19.8 Å². The van der Waals surface area contributed by atoms with Crippen LogP contribution in [0.3, 0.4) is 0 Å². The van der Waals surface area contributed by atoms with Crippen LogP contribution >= 0.6 is 23.1 Å². The van der Waals surface area contributed by atoms with Crippen LogP contribution in [0.2, 0.25) is 0 Å². The van der Waals surface area contributed by atoms with Crippen LogP contribution in [0.5, 0.6) is 0 Å². The highest BCUT2D eigenvalue weighted by Gasteiger charge is 2.42. The quantitative estimate of drug-likeness (QED) is 0.475. The van der Waals surface area contributed by atoms with Gasteiger partial charge in [-0.3, -0.25) is 0 Å². The number of rotatable bonds is 1. The predicted octanol–water partition coefficient (Wildman–Crippen LogP) is 6.72. The molecule has 2 aromatic carbocycles. The minimum atomic E-state index is -0.131. The minimum absolute atomic E-state index is 0.131. The smallest absolute Gasteiger partial charge is 0.123 e. The summed E-state index contributed by atoms with van der Waals surface area (Å²) in [4.78, 5) is 1.66. The molecule has 0 radical (unpaired) electrons. The monoisotopic (exact) mass is 413 g/mol. The molecule has 1 nitrogen and oxygen atoms in total. The van der Waals surface area contributed by atoms with E-state index < -0.39 is 0 Å². The van der Waals surface area contributed by atoms with Crippen LogP contribution in [0.1, 0.15) is 47.6 Å². The zero-order valence-electron chi connectivity index (χ0n) is 16.6. The van der Waals surface area contributed by atoms with Gasteiger partial charge in [-0.2, -0.15) is 0 Å². The fourth-order valence-electron chi connectivity index (χ4n) is 4.65. The van der Waals surface area contributed by atoms with Crippen molar-refractivity contribution in [3.8, 4) is 0 Å². The molecule has 5 rings (SSSR count). The van der Waals surface area contributed by atoms with Crippen molar-refractivity contribution in [3.05, 3.63) is 70.4 Å². The summed E-state index contributed by atoms with van der Waals surface area (Å²) in [5.41, 5.74) is 2.94. The highest BCUT2D eigenvalue weighted by atomic mass is 32.2. The van der Waals surface area contributed by atoms with Crippen molar-refractivity contribution in [1.29, 1.82) is 0 Å². The third-order valence-electron chi connectivity index (χ3n) is 5.98. The van der Waals surface area contributed by atoms with E-state index >= 15 is 0 Å². The maximum atomic E-state index is 13.2. The standard InChI is InChI=1S/C22H21FS2.C2H7N/c23-17-7-5-15(6-8-17)16-9-12-22(13-10-16)21-19(11-14-24-22)18-3-1-2-4-20(18)25-21;1-3-2/h1-8,16H,9-14H2;3H,1-2H3. The molecular formula is C24H28FNS2. The van der Waals surface area contributed by atoms with Gasteiger partial charge >= 0.3 is 0 Å². The van der Waals surface area contributed by atoms with Gasteiger partial charge in [0.15, 0.2) is 0 Å². The van der Waals surface area contributed by atoms with E-state index in [1.54, 1.807) is 22.6 Å². The molecule has 1 saturated carbocycles. The molecule has 4 heteroatoms. The van der Waals surface area contributed by atoms with Crippen molar-refractivity contribution in [3.63, 3.8) is 0 Å². The molecule has 2 heterocycles. The van der Waals surface area contributed by atoms with Gasteiger partial charge in [-0.1, -0.05) is 30.3 Å². The van der Waals surface area contributed by atoms with Crippen LogP contribution in [0.15, 0.2) is 48.5 Å². The fraction of sp³-hybridized carbons (Fsp3) is 0.417. The van der Waals surface area contributed by atoms with Crippen molar-refractivity contribution in [2.45, 2.75) is 42.8 Å². The fourth-order valence-corrected chi connectivity index (χ4v) is 7.82. The molecule has 28 heavy (non-hydrogen) atoms. The molecule has 1 N–H and O–H groups in total. The molecule has 0 unspecified atom stereocenters. The second-order valence-electron chi connectivity index (χ2n) is 7.82. The summed E-state index contributed by atoms with van der Waals surface area (Å²) in [5, 5.41) is 4.24. The lowest BCUT2D eigenvalue weighted by molar-refractivity contribution is 0.367. The van der Waals surface area contributed by atoms with Crippen molar-refractivity contribution in [2.75, 3.05) is 19.8 Å². The second kappa shape index (κ2) is 8.56. The molecule has 0 atom stereocenters. The zero-order chi connectivity index (χ0) is 19.6. The average molecular weight is 414 g/mol. The van der Waals surface area contributed by atoms with Gasteiger partial charge in [-0.15, -0.1) is 23.1 Å². The number of halogens is 1. The molecule has 0 saturated heterocycles. The summed E-state index contributed by atoms with van der Waals surface area (Å²) in [5.74, 6) is 1.70. The summed E-state index contributed by atoms with van der Waals surface area (Å²) in [6.07, 6.45) is 6.14. The maximum Gasteiger partial charge on any atom is 0.123 e. The first-order chi connectivity index (χ1) is 13.7. The van der Waals surface area contributed by atoms with Crippen LogP contribution in [0.25, 0.3) is 10.1 Å². The van der Waals surface area contributed by atoms with Crippen LogP contribution in [0.4, 0.5) is 4.39 Å². The van der Waals surface area contributed by atoms with E-state index in [1.807, 2.05) is 37.6 Å². The summed E-state index contributed by atoms with van der Waals surface area (Å²) in [7, 11) is 3.75. The maximum absolute atomic E-state index is 13.2. The van der Waals surface area contributed by atoms with Gasteiger partial charge in [0.2, 0.25) is 0 Å². The predicted molar refractivity (Wildman–Crippen MR) is 122 cm³/mol. The number of benzene rings is 2. The van der Waals surface area contributed by atoms with Crippen LogP contribution in [0, 0.1) is 5.82 Å². The van der Waals surface area contributed by atoms with Crippen molar-refractivity contribution < 1.29 is 4.39 Å². The normalized spacial score (nSPS) is 23.9. The Labute approximate surface area is 175 Å². The molecule has 3 aromatic rings. The van der Waals surface area contributed by atoms with Crippen LogP contribution < -0.4 is 5.32 Å². The number of aryl methyl sites for hydroxylation is 1. The molecular weight excluding hydrogens is 385 g/mol. The van der Waals surface area contributed by atoms with E-state index in [0.717, 1.165) is 0 Å². The van der Waals surface area contributed by atoms with Gasteiger partial charge in [-0.05, 0) is 92.6 Å². The van der Waals surface area contributed by atoms with Crippen molar-refractivity contribution in [1.82, 2.24) is 5.32 Å². The number of thiophene rings is 1. The first-order valence-electron chi connectivity index (χ1n) is 10.2. The van der Waals surface area contributed by atoms with E-state index in [-0.39, 0.29) is 5.82 Å². The topological polar surface area (TPSA) is 12.0 Å². The highest BCUT2D eigenvalue weighted by Crippen LogP contribution is 2.57. The molecule has 1 aliphatic heterocycles. The number of hydrogen-bond acceptors (Lipinski definition) is 3. The average Bonchev–Trinajstić information content (AvgIpc) is 3.11. The molecule has 0 amide bonds. The van der Waals surface area contributed by atoms with Crippen LogP contribution in [-0.2, 0) is 11.2 Å². The highest BCUT2D eigenvalue weighted by molar-refractivity contribution is 8.00. The molecule has 2 aliphatic rings. The molecule has 0 bridgehead atoms. The molecule has 148 valence electrons. The summed E-state index contributed by atoms with van der Waals surface area (Å²) >= 11 is 4.23. The Hall–Kier alpha value is -1.36. The molecule has 1 fully saturated rings. The van der Waals surface area contributed by atoms with Crippen molar-refractivity contribution in [2.24, 2.45) is 0 Å². The van der Waals surface area contributed by atoms with Gasteiger partial charge < -0.3 is 5.32 Å². The Morgan fingerprint density at radius 2 is 1.68 bits per heavy atom. The largest absolute Gasteiger partial charge is 0.323 e. The molecule has 1 aliphatic carbocycles. The minimum Gasteiger partial charge on any atom is -0.323 e. The van der Waals surface area contributed by atoms with Crippen molar-refractivity contribution >= 4 is 33.2 Å². The number of hydrogen-bond donors (Lipinski definition) is 1. The van der Waals surface area contributed by atoms with Gasteiger partial charge in [-0.25, -0.2) is 4.39 Å². The number of nitrogens with one attached hydrogen (secondary N) is 1. The lowest BCUT2D eigenvalue weighted by Crippen LogP contribution is -2.31. The summed E-state index contributed by atoms with van der Waals surface area (Å²) < 4.78 is 15.0. The van der Waals surface area contributed by atoms with Gasteiger partial charge in [0.05, 0.1) is 4.75 Å². The van der Waals surface area contributed by atoms with Gasteiger partial charge in [0.25, 0.3) is 0 Å². The van der Waals surface area contributed by atoms with E-state index in [4.69, 9.17) is 0 Å². The summed E-state index contributed by atoms with van der Waals surface area (Å²) in [6, 6.07) is 16.1. The van der Waals surface area contributed by atoms with E-state index in [9.17, 15) is 4.39 Å². The Kier molecular flexibility index (Phi) is 6.10. The van der Waals surface area contributed by atoms with Gasteiger partial charge in [0, 0.05) is 9.58 Å². The molecule has 1 aromatic heterocycles. The third kappa shape index (κ3) is 3.74.